The molecule has 0 saturated heterocycles. The Balaban J connectivity index is 1.44. The largest absolute Gasteiger partial charge is 0.495 e. The number of ether oxygens (including phenoxy) is 1. The third kappa shape index (κ3) is 3.95. The number of hydrogen-bond donors (Lipinski definition) is 2. The first-order valence-corrected chi connectivity index (χ1v) is 10.7. The molecule has 0 aliphatic heterocycles. The zero-order valence-corrected chi connectivity index (χ0v) is 17.6. The van der Waals surface area contributed by atoms with Gasteiger partial charge in [0.2, 0.25) is 5.56 Å². The molecule has 0 saturated carbocycles. The highest BCUT2D eigenvalue weighted by Crippen LogP contribution is 2.28. The molecule has 0 spiro atoms. The predicted octanol–water partition coefficient (Wildman–Crippen LogP) is 3.96. The van der Waals surface area contributed by atoms with Gasteiger partial charge in [0.1, 0.15) is 5.75 Å². The molecule has 4 nitrogen and oxygen atoms in total. The maximum absolute atomic E-state index is 11.7. The van der Waals surface area contributed by atoms with E-state index in [-0.39, 0.29) is 5.56 Å². The number of aromatic nitrogens is 1. The first kappa shape index (κ1) is 19.7. The van der Waals surface area contributed by atoms with Crippen molar-refractivity contribution < 1.29 is 4.74 Å². The molecule has 2 N–H and O–H groups in total. The topological polar surface area (TPSA) is 54.1 Å². The molecule has 29 heavy (non-hydrogen) atoms. The van der Waals surface area contributed by atoms with Crippen molar-refractivity contribution >= 4 is 10.9 Å². The van der Waals surface area contributed by atoms with Gasteiger partial charge < -0.3 is 15.0 Å². The molecule has 152 valence electrons. The van der Waals surface area contributed by atoms with Gasteiger partial charge in [-0.2, -0.15) is 0 Å². The van der Waals surface area contributed by atoms with Crippen molar-refractivity contribution in [1.29, 1.82) is 0 Å². The van der Waals surface area contributed by atoms with E-state index in [1.54, 1.807) is 13.2 Å². The van der Waals surface area contributed by atoms with Crippen LogP contribution in [0.1, 0.15) is 41.7 Å². The fourth-order valence-electron chi connectivity index (χ4n) is 4.66. The molecule has 0 radical (unpaired) electrons. The van der Waals surface area contributed by atoms with Crippen LogP contribution in [0.25, 0.3) is 10.9 Å². The molecule has 2 aromatic carbocycles. The van der Waals surface area contributed by atoms with E-state index in [1.165, 1.54) is 27.8 Å². The molecule has 1 heterocycles. The average Bonchev–Trinajstić information content (AvgIpc) is 3.14. The maximum Gasteiger partial charge on any atom is 0.248 e. The van der Waals surface area contributed by atoms with Crippen molar-refractivity contribution in [3.05, 3.63) is 74.6 Å². The SMILES string of the molecule is CCc1cc2c(cc1CC)CC(NCCc1ccc(OC)c3[nH]c(=O)ccc13)C2. The van der Waals surface area contributed by atoms with Crippen LogP contribution in [0.2, 0.25) is 0 Å². The van der Waals surface area contributed by atoms with E-state index in [2.05, 4.69) is 42.3 Å². The summed E-state index contributed by atoms with van der Waals surface area (Å²) in [5, 5.41) is 4.81. The van der Waals surface area contributed by atoms with E-state index < -0.39 is 0 Å². The third-order valence-corrected chi connectivity index (χ3v) is 6.21. The van der Waals surface area contributed by atoms with Gasteiger partial charge in [-0.3, -0.25) is 4.79 Å². The third-order valence-electron chi connectivity index (χ3n) is 6.21. The summed E-state index contributed by atoms with van der Waals surface area (Å²) in [5.41, 5.74) is 7.95. The molecular formula is C25H30N2O2. The summed E-state index contributed by atoms with van der Waals surface area (Å²) in [5.74, 6) is 0.708. The number of aromatic amines is 1. The van der Waals surface area contributed by atoms with Crippen molar-refractivity contribution in [3.8, 4) is 5.75 Å². The van der Waals surface area contributed by atoms with Gasteiger partial charge in [-0.05, 0) is 78.6 Å². The number of H-pyrrole nitrogens is 1. The number of rotatable bonds is 7. The highest BCUT2D eigenvalue weighted by Gasteiger charge is 2.22. The Hall–Kier alpha value is -2.59. The molecule has 0 atom stereocenters. The Labute approximate surface area is 172 Å². The van der Waals surface area contributed by atoms with Crippen molar-refractivity contribution in [2.24, 2.45) is 0 Å². The summed E-state index contributed by atoms with van der Waals surface area (Å²) in [6.45, 7) is 5.41. The second-order valence-corrected chi connectivity index (χ2v) is 7.94. The molecule has 0 bridgehead atoms. The summed E-state index contributed by atoms with van der Waals surface area (Å²) in [7, 11) is 1.63. The zero-order valence-electron chi connectivity index (χ0n) is 17.6. The van der Waals surface area contributed by atoms with Crippen LogP contribution >= 0.6 is 0 Å². The molecular weight excluding hydrogens is 360 g/mol. The number of aryl methyl sites for hydroxylation is 2. The van der Waals surface area contributed by atoms with E-state index in [0.717, 1.165) is 49.6 Å². The Morgan fingerprint density at radius 1 is 1.00 bits per heavy atom. The van der Waals surface area contributed by atoms with Gasteiger partial charge in [-0.15, -0.1) is 0 Å². The van der Waals surface area contributed by atoms with Crippen LogP contribution in [0.3, 0.4) is 0 Å². The molecule has 0 unspecified atom stereocenters. The number of nitrogens with one attached hydrogen (secondary N) is 2. The van der Waals surface area contributed by atoms with E-state index >= 15 is 0 Å². The number of benzene rings is 2. The first-order valence-electron chi connectivity index (χ1n) is 10.7. The average molecular weight is 391 g/mol. The highest BCUT2D eigenvalue weighted by molar-refractivity contribution is 5.87. The van der Waals surface area contributed by atoms with Crippen molar-refractivity contribution in [1.82, 2.24) is 10.3 Å². The number of fused-ring (bicyclic) bond motifs is 2. The summed E-state index contributed by atoms with van der Waals surface area (Å²) in [6, 6.07) is 12.9. The molecule has 3 aromatic rings. The van der Waals surface area contributed by atoms with E-state index in [4.69, 9.17) is 4.74 Å². The normalized spacial score (nSPS) is 13.8. The lowest BCUT2D eigenvalue weighted by Crippen LogP contribution is -2.31. The zero-order chi connectivity index (χ0) is 20.4. The fourth-order valence-corrected chi connectivity index (χ4v) is 4.66. The molecule has 1 aromatic heterocycles. The highest BCUT2D eigenvalue weighted by atomic mass is 16.5. The Morgan fingerprint density at radius 2 is 1.69 bits per heavy atom. The van der Waals surface area contributed by atoms with Gasteiger partial charge in [-0.1, -0.05) is 32.0 Å². The van der Waals surface area contributed by atoms with Gasteiger partial charge in [0.25, 0.3) is 0 Å². The van der Waals surface area contributed by atoms with Crippen LogP contribution in [0, 0.1) is 0 Å². The summed E-state index contributed by atoms with van der Waals surface area (Å²) >= 11 is 0. The summed E-state index contributed by atoms with van der Waals surface area (Å²) in [4.78, 5) is 14.6. The Morgan fingerprint density at radius 3 is 2.31 bits per heavy atom. The monoisotopic (exact) mass is 390 g/mol. The minimum Gasteiger partial charge on any atom is -0.495 e. The molecule has 1 aliphatic carbocycles. The maximum atomic E-state index is 11.7. The van der Waals surface area contributed by atoms with Crippen LogP contribution in [0.5, 0.6) is 5.75 Å². The van der Waals surface area contributed by atoms with Crippen molar-refractivity contribution in [2.75, 3.05) is 13.7 Å². The smallest absolute Gasteiger partial charge is 0.248 e. The predicted molar refractivity (Wildman–Crippen MR) is 119 cm³/mol. The summed E-state index contributed by atoms with van der Waals surface area (Å²) in [6.07, 6.45) is 5.37. The van der Waals surface area contributed by atoms with Crippen LogP contribution in [-0.2, 0) is 32.1 Å². The van der Waals surface area contributed by atoms with Crippen LogP contribution in [0.4, 0.5) is 0 Å². The van der Waals surface area contributed by atoms with Crippen LogP contribution in [0.15, 0.2) is 41.2 Å². The Bertz CT molecular complexity index is 1050. The lowest BCUT2D eigenvalue weighted by atomic mass is 9.97. The standard InChI is InChI=1S/C25H30N2O2/c1-4-16-12-19-14-21(15-20(19)13-17(16)5-2)26-11-10-18-6-8-23(29-3)25-22(18)7-9-24(28)27-25/h6-9,12-13,21,26H,4-5,10-11,14-15H2,1-3H3,(H,27,28). The van der Waals surface area contributed by atoms with E-state index in [0.29, 0.717) is 11.8 Å². The second kappa shape index (κ2) is 8.42. The lowest BCUT2D eigenvalue weighted by molar-refractivity contribution is 0.418. The van der Waals surface area contributed by atoms with Crippen LogP contribution in [-0.4, -0.2) is 24.7 Å². The Kier molecular flexibility index (Phi) is 5.72. The van der Waals surface area contributed by atoms with Crippen molar-refractivity contribution in [2.45, 2.75) is 52.0 Å². The first-order chi connectivity index (χ1) is 14.1. The fraction of sp³-hybridized carbons (Fsp3) is 0.400. The number of pyridine rings is 1. The van der Waals surface area contributed by atoms with Crippen LogP contribution < -0.4 is 15.6 Å². The van der Waals surface area contributed by atoms with Gasteiger partial charge in [0.15, 0.2) is 0 Å². The van der Waals surface area contributed by atoms with Gasteiger partial charge >= 0.3 is 0 Å². The van der Waals surface area contributed by atoms with Gasteiger partial charge in [-0.25, -0.2) is 0 Å². The lowest BCUT2D eigenvalue weighted by Gasteiger charge is -2.14. The molecule has 1 aliphatic rings. The number of methoxy groups -OCH3 is 1. The minimum atomic E-state index is -0.104. The van der Waals surface area contributed by atoms with Gasteiger partial charge in [0.05, 0.1) is 12.6 Å². The van der Waals surface area contributed by atoms with Crippen molar-refractivity contribution in [3.63, 3.8) is 0 Å². The molecule has 0 amide bonds. The van der Waals surface area contributed by atoms with E-state index in [1.807, 2.05) is 12.1 Å². The molecule has 4 rings (SSSR count). The van der Waals surface area contributed by atoms with E-state index in [9.17, 15) is 4.79 Å². The van der Waals surface area contributed by atoms with Gasteiger partial charge in [0, 0.05) is 17.5 Å². The molecule has 4 heteroatoms. The number of hydrogen-bond acceptors (Lipinski definition) is 3. The second-order valence-electron chi connectivity index (χ2n) is 7.94. The quantitative estimate of drug-likeness (QED) is 0.642. The summed E-state index contributed by atoms with van der Waals surface area (Å²) < 4.78 is 5.41. The molecule has 0 fully saturated rings. The minimum absolute atomic E-state index is 0.104.